The van der Waals surface area contributed by atoms with E-state index in [0.29, 0.717) is 0 Å². The molecule has 3 aromatic carbocycles. The van der Waals surface area contributed by atoms with E-state index < -0.39 is 16.8 Å². The quantitative estimate of drug-likeness (QED) is 0.207. The van der Waals surface area contributed by atoms with E-state index in [1.807, 2.05) is 72.8 Å². The van der Waals surface area contributed by atoms with Crippen LogP contribution in [0, 0.1) is 33.8 Å². The van der Waals surface area contributed by atoms with Crippen LogP contribution in [0.15, 0.2) is 96.6 Å². The van der Waals surface area contributed by atoms with Crippen LogP contribution in [0.25, 0.3) is 5.57 Å². The molecule has 2 aliphatic carbocycles. The summed E-state index contributed by atoms with van der Waals surface area (Å²) in [5, 5.41) is 11.3. The number of allylic oxidation sites excluding steroid dienone is 3. The van der Waals surface area contributed by atoms with E-state index in [1.54, 1.807) is 0 Å². The lowest BCUT2D eigenvalue weighted by atomic mass is 9.85. The lowest BCUT2D eigenvalue weighted by Gasteiger charge is -2.21. The normalized spacial score (nSPS) is 24.3. The molecule has 0 aromatic heterocycles. The highest BCUT2D eigenvalue weighted by Crippen LogP contribution is 2.59. The van der Waals surface area contributed by atoms with Gasteiger partial charge < -0.3 is 0 Å². The van der Waals surface area contributed by atoms with Gasteiger partial charge in [-0.1, -0.05) is 84.4 Å². The third-order valence-electron chi connectivity index (χ3n) is 7.21. The van der Waals surface area contributed by atoms with Gasteiger partial charge in [0.25, 0.3) is 5.69 Å². The second-order valence-corrected chi connectivity index (χ2v) is 9.36. The van der Waals surface area contributed by atoms with E-state index in [4.69, 9.17) is 11.6 Å². The van der Waals surface area contributed by atoms with Crippen LogP contribution in [0.4, 0.5) is 11.4 Å². The number of hydrogen-bond donors (Lipinski definition) is 0. The minimum atomic E-state index is -0.615. The maximum atomic E-state index is 13.6. The number of amides is 2. The average molecular weight is 483 g/mol. The molecular formula is C28H19ClN2O4. The van der Waals surface area contributed by atoms with E-state index >= 15 is 0 Å². The lowest BCUT2D eigenvalue weighted by molar-refractivity contribution is -0.384. The van der Waals surface area contributed by atoms with Crippen molar-refractivity contribution >= 4 is 40.4 Å². The molecule has 7 heteroatoms. The minimum absolute atomic E-state index is 0.0413. The summed E-state index contributed by atoms with van der Waals surface area (Å²) in [7, 11) is 0. The third kappa shape index (κ3) is 3.17. The van der Waals surface area contributed by atoms with Crippen molar-refractivity contribution in [3.63, 3.8) is 0 Å². The van der Waals surface area contributed by atoms with E-state index in [1.165, 1.54) is 18.2 Å². The molecule has 3 aromatic rings. The number of nitro groups is 1. The van der Waals surface area contributed by atoms with Crippen molar-refractivity contribution in [3.05, 3.63) is 123 Å². The number of imide groups is 1. The van der Waals surface area contributed by atoms with Crippen LogP contribution >= 0.6 is 11.6 Å². The number of anilines is 1. The van der Waals surface area contributed by atoms with Crippen LogP contribution in [-0.2, 0) is 9.59 Å². The van der Waals surface area contributed by atoms with Gasteiger partial charge in [0.05, 0.1) is 22.4 Å². The van der Waals surface area contributed by atoms with Crippen LogP contribution in [0.3, 0.4) is 0 Å². The van der Waals surface area contributed by atoms with Crippen molar-refractivity contribution in [1.82, 2.24) is 0 Å². The van der Waals surface area contributed by atoms with Crippen molar-refractivity contribution in [2.45, 2.75) is 0 Å². The fourth-order valence-corrected chi connectivity index (χ4v) is 6.03. The Hall–Kier alpha value is -4.03. The molecule has 2 amide bonds. The molecule has 1 saturated carbocycles. The molecule has 6 rings (SSSR count). The number of carbonyl (C=O) groups is 2. The van der Waals surface area contributed by atoms with Crippen molar-refractivity contribution in [2.75, 3.05) is 4.90 Å². The Labute approximate surface area is 206 Å². The van der Waals surface area contributed by atoms with Crippen LogP contribution in [0.5, 0.6) is 0 Å². The average Bonchev–Trinajstić information content (AvgIpc) is 3.50. The fourth-order valence-electron chi connectivity index (χ4n) is 5.84. The molecule has 1 aliphatic heterocycles. The van der Waals surface area contributed by atoms with Gasteiger partial charge in [-0.05, 0) is 34.4 Å². The Morgan fingerprint density at radius 2 is 1.31 bits per heavy atom. The molecule has 0 radical (unpaired) electrons. The Morgan fingerprint density at radius 1 is 0.800 bits per heavy atom. The summed E-state index contributed by atoms with van der Waals surface area (Å²) < 4.78 is 0. The minimum Gasteiger partial charge on any atom is -0.274 e. The molecule has 0 unspecified atom stereocenters. The van der Waals surface area contributed by atoms with E-state index in [0.717, 1.165) is 27.2 Å². The van der Waals surface area contributed by atoms with Crippen molar-refractivity contribution in [1.29, 1.82) is 0 Å². The standard InChI is InChI=1S/C28H19ClN2O4/c29-21-14-11-18(15-22(21)31(34)35)30-27(32)25-19-12-13-20(26(25)28(30)33)24(19)23(16-7-3-1-4-8-16)17-9-5-2-6-10-17/h1-15,19-20,25-26H/t19-,20-,25+,26+/m0/s1. The van der Waals surface area contributed by atoms with Gasteiger partial charge in [-0.15, -0.1) is 0 Å². The van der Waals surface area contributed by atoms with Crippen molar-refractivity contribution in [3.8, 4) is 0 Å². The van der Waals surface area contributed by atoms with Gasteiger partial charge in [-0.2, -0.15) is 0 Å². The molecule has 2 bridgehead atoms. The SMILES string of the molecule is O=C1[C@H]2[C@H](C(=O)N1c1ccc(Cl)c([N+](=O)[O-])c1)[C@H]1C=C[C@H]2C1=C(c1ccccc1)c1ccccc1. The van der Waals surface area contributed by atoms with Gasteiger partial charge in [0, 0.05) is 17.9 Å². The molecule has 0 spiro atoms. The molecule has 2 fully saturated rings. The zero-order valence-electron chi connectivity index (χ0n) is 18.4. The Morgan fingerprint density at radius 3 is 1.80 bits per heavy atom. The Bertz CT molecular complexity index is 1370. The van der Waals surface area contributed by atoms with E-state index in [9.17, 15) is 19.7 Å². The van der Waals surface area contributed by atoms with E-state index in [-0.39, 0.29) is 40.0 Å². The zero-order chi connectivity index (χ0) is 24.3. The third-order valence-corrected chi connectivity index (χ3v) is 7.53. The number of nitrogens with zero attached hydrogens (tertiary/aromatic N) is 2. The summed E-state index contributed by atoms with van der Waals surface area (Å²) in [6, 6.07) is 24.1. The lowest BCUT2D eigenvalue weighted by Crippen LogP contribution is -2.33. The highest BCUT2D eigenvalue weighted by Gasteiger charge is 2.62. The van der Waals surface area contributed by atoms with Crippen molar-refractivity contribution < 1.29 is 14.5 Å². The maximum absolute atomic E-state index is 13.6. The number of hydrogen-bond acceptors (Lipinski definition) is 4. The predicted molar refractivity (Wildman–Crippen MR) is 133 cm³/mol. The van der Waals surface area contributed by atoms with Crippen LogP contribution < -0.4 is 4.90 Å². The first-order valence-electron chi connectivity index (χ1n) is 11.3. The van der Waals surface area contributed by atoms with Crippen LogP contribution in [0.2, 0.25) is 5.02 Å². The topological polar surface area (TPSA) is 80.5 Å². The zero-order valence-corrected chi connectivity index (χ0v) is 19.1. The largest absolute Gasteiger partial charge is 0.289 e. The molecule has 3 aliphatic rings. The van der Waals surface area contributed by atoms with Gasteiger partial charge in [-0.3, -0.25) is 19.7 Å². The van der Waals surface area contributed by atoms with Crippen molar-refractivity contribution in [2.24, 2.45) is 23.7 Å². The van der Waals surface area contributed by atoms with Gasteiger partial charge in [0.1, 0.15) is 5.02 Å². The molecule has 6 nitrogen and oxygen atoms in total. The molecule has 1 saturated heterocycles. The summed E-state index contributed by atoms with van der Waals surface area (Å²) in [5.41, 5.74) is 4.06. The summed E-state index contributed by atoms with van der Waals surface area (Å²) >= 11 is 5.95. The fraction of sp³-hybridized carbons (Fsp3) is 0.143. The second kappa shape index (κ2) is 8.03. The van der Waals surface area contributed by atoms with Crippen LogP contribution in [-0.4, -0.2) is 16.7 Å². The number of fused-ring (bicyclic) bond motifs is 5. The monoisotopic (exact) mass is 482 g/mol. The number of halogens is 1. The Kier molecular flexibility index (Phi) is 4.93. The summed E-state index contributed by atoms with van der Waals surface area (Å²) in [4.78, 5) is 39.1. The first kappa shape index (κ1) is 21.5. The number of benzene rings is 3. The highest BCUT2D eigenvalue weighted by atomic mass is 35.5. The smallest absolute Gasteiger partial charge is 0.274 e. The molecular weight excluding hydrogens is 464 g/mol. The first-order chi connectivity index (χ1) is 17.0. The Balaban J connectivity index is 1.46. The predicted octanol–water partition coefficient (Wildman–Crippen LogP) is 5.67. The van der Waals surface area contributed by atoms with Gasteiger partial charge in [-0.25, -0.2) is 4.90 Å². The van der Waals surface area contributed by atoms with Gasteiger partial charge in [0.15, 0.2) is 0 Å². The number of nitro benzene ring substituents is 1. The summed E-state index contributed by atoms with van der Waals surface area (Å²) in [6.07, 6.45) is 4.07. The molecule has 172 valence electrons. The van der Waals surface area contributed by atoms with Gasteiger partial charge in [0.2, 0.25) is 11.8 Å². The van der Waals surface area contributed by atoms with E-state index in [2.05, 4.69) is 0 Å². The summed E-state index contributed by atoms with van der Waals surface area (Å²) in [5.74, 6) is -2.17. The van der Waals surface area contributed by atoms with Crippen LogP contribution in [0.1, 0.15) is 11.1 Å². The van der Waals surface area contributed by atoms with Gasteiger partial charge >= 0.3 is 0 Å². The summed E-state index contributed by atoms with van der Waals surface area (Å²) in [6.45, 7) is 0. The molecule has 0 N–H and O–H groups in total. The highest BCUT2D eigenvalue weighted by molar-refractivity contribution is 6.33. The molecule has 35 heavy (non-hydrogen) atoms. The molecule has 1 heterocycles. The number of rotatable bonds is 4. The maximum Gasteiger partial charge on any atom is 0.289 e. The molecule has 4 atom stereocenters. The first-order valence-corrected chi connectivity index (χ1v) is 11.7. The second-order valence-electron chi connectivity index (χ2n) is 8.96. The number of carbonyl (C=O) groups excluding carboxylic acids is 2.